The minimum atomic E-state index is -0.971. The van der Waals surface area contributed by atoms with Crippen LogP contribution in [0.4, 0.5) is 0 Å². The summed E-state index contributed by atoms with van der Waals surface area (Å²) in [5, 5.41) is 9.38. The number of aromatic nitrogens is 3. The van der Waals surface area contributed by atoms with E-state index in [2.05, 4.69) is 35.7 Å². The molecule has 5 nitrogen and oxygen atoms in total. The second-order valence-corrected chi connectivity index (χ2v) is 6.79. The van der Waals surface area contributed by atoms with Crippen molar-refractivity contribution in [3.8, 4) is 0 Å². The van der Waals surface area contributed by atoms with Crippen LogP contribution in [0.5, 0.6) is 0 Å². The van der Waals surface area contributed by atoms with Crippen LogP contribution in [0.25, 0.3) is 18.2 Å². The lowest BCUT2D eigenvalue weighted by molar-refractivity contribution is -0.131. The van der Waals surface area contributed by atoms with E-state index >= 15 is 0 Å². The van der Waals surface area contributed by atoms with Crippen molar-refractivity contribution in [1.82, 2.24) is 15.0 Å². The molecular formula is C16H17N3O2S. The lowest BCUT2D eigenvalue weighted by atomic mass is 9.96. The number of thiazole rings is 1. The summed E-state index contributed by atoms with van der Waals surface area (Å²) in [6, 6.07) is 0. The van der Waals surface area contributed by atoms with Gasteiger partial charge < -0.3 is 5.11 Å². The van der Waals surface area contributed by atoms with Gasteiger partial charge in [-0.3, -0.25) is 0 Å². The standard InChI is InChI=1S/C16H17N3O2S/c1-16(2,3)15-18-8-11(9-19-15)4-6-13-17-10-12(22-13)5-7-14(20)21/h4-10H,1-3H3,(H,20,21)/b6-4+,7-5+. The molecule has 0 unspecified atom stereocenters. The Morgan fingerprint density at radius 2 is 1.77 bits per heavy atom. The highest BCUT2D eigenvalue weighted by molar-refractivity contribution is 7.13. The van der Waals surface area contributed by atoms with Crippen LogP contribution in [0.3, 0.4) is 0 Å². The molecule has 0 spiro atoms. The van der Waals surface area contributed by atoms with Crippen LogP contribution >= 0.6 is 11.3 Å². The summed E-state index contributed by atoms with van der Waals surface area (Å²) in [4.78, 5) is 24.2. The first-order chi connectivity index (χ1) is 10.3. The number of carboxylic acids is 1. The van der Waals surface area contributed by atoms with E-state index in [-0.39, 0.29) is 5.41 Å². The first-order valence-electron chi connectivity index (χ1n) is 6.72. The number of nitrogens with zero attached hydrogens (tertiary/aromatic N) is 3. The molecule has 0 aromatic carbocycles. The molecule has 0 atom stereocenters. The fourth-order valence-corrected chi connectivity index (χ4v) is 2.31. The Balaban J connectivity index is 2.07. The molecule has 0 fully saturated rings. The molecule has 0 saturated carbocycles. The summed E-state index contributed by atoms with van der Waals surface area (Å²) < 4.78 is 0. The van der Waals surface area contributed by atoms with E-state index < -0.39 is 5.97 Å². The number of hydrogen-bond donors (Lipinski definition) is 1. The summed E-state index contributed by atoms with van der Waals surface area (Å²) >= 11 is 1.41. The van der Waals surface area contributed by atoms with Gasteiger partial charge in [0.15, 0.2) is 0 Å². The van der Waals surface area contributed by atoms with E-state index in [1.165, 1.54) is 17.4 Å². The molecule has 2 heterocycles. The first kappa shape index (κ1) is 16.0. The Morgan fingerprint density at radius 1 is 1.09 bits per heavy atom. The van der Waals surface area contributed by atoms with Crippen molar-refractivity contribution in [1.29, 1.82) is 0 Å². The minimum Gasteiger partial charge on any atom is -0.478 e. The molecule has 0 aliphatic rings. The summed E-state index contributed by atoms with van der Waals surface area (Å²) in [7, 11) is 0. The fourth-order valence-electron chi connectivity index (χ4n) is 1.59. The Bertz CT molecular complexity index is 710. The SMILES string of the molecule is CC(C)(C)c1ncc(/C=C/c2ncc(/C=C/C(=O)O)s2)cn1. The number of carbonyl (C=O) groups is 1. The topological polar surface area (TPSA) is 76.0 Å². The van der Waals surface area contributed by atoms with E-state index in [0.717, 1.165) is 27.3 Å². The normalized spacial score (nSPS) is 12.3. The predicted molar refractivity (Wildman–Crippen MR) is 88.4 cm³/mol. The Kier molecular flexibility index (Phi) is 4.82. The highest BCUT2D eigenvalue weighted by atomic mass is 32.1. The van der Waals surface area contributed by atoms with Crippen LogP contribution in [-0.2, 0) is 10.2 Å². The number of carboxylic acid groups (broad SMARTS) is 1. The van der Waals surface area contributed by atoms with Gasteiger partial charge in [-0.25, -0.2) is 19.7 Å². The average molecular weight is 315 g/mol. The van der Waals surface area contributed by atoms with Crippen LogP contribution in [0, 0.1) is 0 Å². The van der Waals surface area contributed by atoms with Crippen LogP contribution in [0.1, 0.15) is 42.0 Å². The molecule has 0 radical (unpaired) electrons. The lowest BCUT2D eigenvalue weighted by Gasteiger charge is -2.15. The zero-order valence-electron chi connectivity index (χ0n) is 12.6. The van der Waals surface area contributed by atoms with Gasteiger partial charge in [0.05, 0.1) is 0 Å². The van der Waals surface area contributed by atoms with Gasteiger partial charge in [0.1, 0.15) is 10.8 Å². The summed E-state index contributed by atoms with van der Waals surface area (Å²) in [6.07, 6.45) is 11.6. The van der Waals surface area contributed by atoms with Crippen molar-refractivity contribution in [3.05, 3.63) is 45.9 Å². The highest BCUT2D eigenvalue weighted by Crippen LogP contribution is 2.19. The second-order valence-electron chi connectivity index (χ2n) is 5.70. The van der Waals surface area contributed by atoms with E-state index in [1.807, 2.05) is 12.2 Å². The largest absolute Gasteiger partial charge is 0.478 e. The van der Waals surface area contributed by atoms with Crippen LogP contribution in [0.2, 0.25) is 0 Å². The van der Waals surface area contributed by atoms with Gasteiger partial charge in [0, 0.05) is 40.5 Å². The maximum Gasteiger partial charge on any atom is 0.328 e. The Hall–Kier alpha value is -2.34. The summed E-state index contributed by atoms with van der Waals surface area (Å²) in [6.45, 7) is 6.21. The molecule has 0 aliphatic heterocycles. The Labute approximate surface area is 133 Å². The second kappa shape index (κ2) is 6.62. The maximum absolute atomic E-state index is 10.5. The number of hydrogen-bond acceptors (Lipinski definition) is 5. The fraction of sp³-hybridized carbons (Fsp3) is 0.250. The van der Waals surface area contributed by atoms with Gasteiger partial charge >= 0.3 is 5.97 Å². The quantitative estimate of drug-likeness (QED) is 0.874. The molecule has 114 valence electrons. The summed E-state index contributed by atoms with van der Waals surface area (Å²) in [5.74, 6) is -0.165. The third-order valence-corrected chi connectivity index (χ3v) is 3.62. The number of aliphatic carboxylic acids is 1. The monoisotopic (exact) mass is 315 g/mol. The van der Waals surface area contributed by atoms with Crippen molar-refractivity contribution in [2.75, 3.05) is 0 Å². The molecule has 6 heteroatoms. The first-order valence-corrected chi connectivity index (χ1v) is 7.54. The van der Waals surface area contributed by atoms with Gasteiger partial charge in [-0.1, -0.05) is 20.8 Å². The van der Waals surface area contributed by atoms with Crippen molar-refractivity contribution in [2.24, 2.45) is 0 Å². The zero-order valence-corrected chi connectivity index (χ0v) is 13.5. The lowest BCUT2D eigenvalue weighted by Crippen LogP contribution is -2.15. The molecule has 2 aromatic heterocycles. The van der Waals surface area contributed by atoms with Crippen LogP contribution in [0.15, 0.2) is 24.7 Å². The van der Waals surface area contributed by atoms with Gasteiger partial charge in [0.25, 0.3) is 0 Å². The van der Waals surface area contributed by atoms with E-state index in [9.17, 15) is 4.79 Å². The third-order valence-electron chi connectivity index (χ3n) is 2.69. The van der Waals surface area contributed by atoms with E-state index in [1.54, 1.807) is 18.6 Å². The maximum atomic E-state index is 10.5. The van der Waals surface area contributed by atoms with E-state index in [0.29, 0.717) is 0 Å². The van der Waals surface area contributed by atoms with E-state index in [4.69, 9.17) is 5.11 Å². The third kappa shape index (κ3) is 4.60. The minimum absolute atomic E-state index is 0.0665. The smallest absolute Gasteiger partial charge is 0.328 e. The van der Waals surface area contributed by atoms with Crippen molar-refractivity contribution in [3.63, 3.8) is 0 Å². The van der Waals surface area contributed by atoms with Gasteiger partial charge in [0.2, 0.25) is 0 Å². The van der Waals surface area contributed by atoms with Gasteiger partial charge in [-0.05, 0) is 18.2 Å². The molecule has 0 bridgehead atoms. The Morgan fingerprint density at radius 3 is 2.36 bits per heavy atom. The molecular weight excluding hydrogens is 298 g/mol. The molecule has 2 aromatic rings. The molecule has 0 amide bonds. The number of rotatable bonds is 4. The van der Waals surface area contributed by atoms with Crippen molar-refractivity contribution >= 4 is 35.5 Å². The van der Waals surface area contributed by atoms with Gasteiger partial charge in [-0.15, -0.1) is 11.3 Å². The highest BCUT2D eigenvalue weighted by Gasteiger charge is 2.16. The molecule has 0 aliphatic carbocycles. The molecule has 1 N–H and O–H groups in total. The zero-order chi connectivity index (χ0) is 16.2. The predicted octanol–water partition coefficient (Wildman–Crippen LogP) is 3.50. The van der Waals surface area contributed by atoms with Crippen molar-refractivity contribution in [2.45, 2.75) is 26.2 Å². The molecule has 0 saturated heterocycles. The molecule has 22 heavy (non-hydrogen) atoms. The molecule has 2 rings (SSSR count). The van der Waals surface area contributed by atoms with Crippen LogP contribution in [-0.4, -0.2) is 26.0 Å². The average Bonchev–Trinajstić information content (AvgIpc) is 2.90. The summed E-state index contributed by atoms with van der Waals surface area (Å²) in [5.41, 5.74) is 0.828. The van der Waals surface area contributed by atoms with Crippen molar-refractivity contribution < 1.29 is 9.90 Å². The van der Waals surface area contributed by atoms with Gasteiger partial charge in [-0.2, -0.15) is 0 Å². The van der Waals surface area contributed by atoms with Crippen LogP contribution < -0.4 is 0 Å².